The minimum atomic E-state index is -0.398. The third-order valence-corrected chi connectivity index (χ3v) is 1.43. The number of halogens is 2. The summed E-state index contributed by atoms with van der Waals surface area (Å²) < 4.78 is 0. The van der Waals surface area contributed by atoms with Crippen molar-refractivity contribution in [2.45, 2.75) is 10.9 Å². The van der Waals surface area contributed by atoms with E-state index in [0.29, 0.717) is 0 Å². The van der Waals surface area contributed by atoms with Crippen molar-refractivity contribution < 1.29 is 0 Å². The lowest BCUT2D eigenvalue weighted by Crippen LogP contribution is -2.06. The zero-order chi connectivity index (χ0) is 5.98. The van der Waals surface area contributed by atoms with Gasteiger partial charge in [-0.15, -0.1) is 23.2 Å². The van der Waals surface area contributed by atoms with Crippen LogP contribution in [0.25, 0.3) is 0 Å². The third-order valence-electron chi connectivity index (χ3n) is 0.911. The van der Waals surface area contributed by atoms with Crippen molar-refractivity contribution in [2.24, 2.45) is 4.99 Å². The SMILES string of the molecule is ClC(Cl)C1C=CC=N1. The summed E-state index contributed by atoms with van der Waals surface area (Å²) in [4.78, 5) is 3.54. The Labute approximate surface area is 58.0 Å². The van der Waals surface area contributed by atoms with Crippen molar-refractivity contribution in [3.63, 3.8) is 0 Å². The highest BCUT2D eigenvalue weighted by Crippen LogP contribution is 2.14. The van der Waals surface area contributed by atoms with Gasteiger partial charge in [0.2, 0.25) is 0 Å². The minimum absolute atomic E-state index is 0.0154. The lowest BCUT2D eigenvalue weighted by Gasteiger charge is -2.01. The van der Waals surface area contributed by atoms with Gasteiger partial charge in [-0.2, -0.15) is 0 Å². The maximum atomic E-state index is 5.48. The zero-order valence-corrected chi connectivity index (χ0v) is 5.60. The second kappa shape index (κ2) is 2.51. The van der Waals surface area contributed by atoms with E-state index in [4.69, 9.17) is 23.2 Å². The van der Waals surface area contributed by atoms with Gasteiger partial charge in [-0.25, -0.2) is 0 Å². The van der Waals surface area contributed by atoms with Gasteiger partial charge in [0.25, 0.3) is 0 Å². The summed E-state index contributed by atoms with van der Waals surface area (Å²) in [7, 11) is 0. The van der Waals surface area contributed by atoms with Gasteiger partial charge in [-0.3, -0.25) is 4.99 Å². The molecule has 3 heteroatoms. The van der Waals surface area contributed by atoms with Crippen molar-refractivity contribution in [1.29, 1.82) is 0 Å². The molecule has 1 atom stereocenters. The molecule has 0 amide bonds. The number of hydrogen-bond acceptors (Lipinski definition) is 1. The monoisotopic (exact) mass is 149 g/mol. The zero-order valence-electron chi connectivity index (χ0n) is 4.09. The van der Waals surface area contributed by atoms with E-state index in [-0.39, 0.29) is 6.04 Å². The third kappa shape index (κ3) is 1.23. The maximum absolute atomic E-state index is 5.48. The molecule has 0 N–H and O–H groups in total. The molecule has 1 nitrogen and oxygen atoms in total. The number of aliphatic imine (C=N–C) groups is 1. The molecule has 1 aliphatic heterocycles. The first-order valence-corrected chi connectivity index (χ1v) is 3.16. The van der Waals surface area contributed by atoms with E-state index < -0.39 is 4.84 Å². The lowest BCUT2D eigenvalue weighted by atomic mass is 10.4. The highest BCUT2D eigenvalue weighted by molar-refractivity contribution is 6.45. The predicted molar refractivity (Wildman–Crippen MR) is 36.9 cm³/mol. The molecule has 0 aromatic rings. The topological polar surface area (TPSA) is 12.4 Å². The molecular weight excluding hydrogens is 145 g/mol. The van der Waals surface area contributed by atoms with E-state index in [1.807, 2.05) is 12.2 Å². The highest BCUT2D eigenvalue weighted by atomic mass is 35.5. The Morgan fingerprint density at radius 1 is 1.50 bits per heavy atom. The molecule has 0 aromatic heterocycles. The average Bonchev–Trinajstić information content (AvgIpc) is 2.12. The average molecular weight is 150 g/mol. The first-order chi connectivity index (χ1) is 3.80. The van der Waals surface area contributed by atoms with Crippen LogP contribution in [0.4, 0.5) is 0 Å². The van der Waals surface area contributed by atoms with Crippen molar-refractivity contribution in [1.82, 2.24) is 0 Å². The molecule has 0 saturated carbocycles. The Bertz CT molecular complexity index is 116. The Balaban J connectivity index is 2.49. The standard InChI is InChI=1S/C5H5Cl2N/c6-5(7)4-2-1-3-8-4/h1-5H. The van der Waals surface area contributed by atoms with Crippen LogP contribution in [0.5, 0.6) is 0 Å². The van der Waals surface area contributed by atoms with E-state index in [0.717, 1.165) is 0 Å². The van der Waals surface area contributed by atoms with Gasteiger partial charge in [0.15, 0.2) is 0 Å². The largest absolute Gasteiger partial charge is 0.283 e. The minimum Gasteiger partial charge on any atom is -0.283 e. The van der Waals surface area contributed by atoms with Crippen LogP contribution < -0.4 is 0 Å². The molecule has 0 radical (unpaired) electrons. The molecule has 44 valence electrons. The highest BCUT2D eigenvalue weighted by Gasteiger charge is 2.12. The molecular formula is C5H5Cl2N. The normalized spacial score (nSPS) is 25.6. The summed E-state index contributed by atoms with van der Waals surface area (Å²) in [5.74, 6) is 0. The Hall–Kier alpha value is -0.0100. The molecule has 1 unspecified atom stereocenters. The first kappa shape index (κ1) is 6.12. The Kier molecular flexibility index (Phi) is 1.92. The van der Waals surface area contributed by atoms with Crippen molar-refractivity contribution in [3.8, 4) is 0 Å². The fraction of sp³-hybridized carbons (Fsp3) is 0.400. The second-order valence-electron chi connectivity index (χ2n) is 1.51. The molecule has 0 fully saturated rings. The Morgan fingerprint density at radius 3 is 2.50 bits per heavy atom. The predicted octanol–water partition coefficient (Wildman–Crippen LogP) is 1.80. The molecule has 0 spiro atoms. The second-order valence-corrected chi connectivity index (χ2v) is 2.67. The number of rotatable bonds is 1. The van der Waals surface area contributed by atoms with Gasteiger partial charge in [0, 0.05) is 6.21 Å². The van der Waals surface area contributed by atoms with Gasteiger partial charge in [0.05, 0.1) is 6.04 Å². The van der Waals surface area contributed by atoms with Crippen LogP contribution in [-0.2, 0) is 0 Å². The van der Waals surface area contributed by atoms with Crippen molar-refractivity contribution in [2.75, 3.05) is 0 Å². The summed E-state index contributed by atoms with van der Waals surface area (Å²) >= 11 is 11.0. The van der Waals surface area contributed by atoms with Gasteiger partial charge in [0.1, 0.15) is 4.84 Å². The maximum Gasteiger partial charge on any atom is 0.133 e. The fourth-order valence-electron chi connectivity index (χ4n) is 0.511. The summed E-state index contributed by atoms with van der Waals surface area (Å²) in [5, 5.41) is 0. The van der Waals surface area contributed by atoms with Crippen LogP contribution in [0, 0.1) is 0 Å². The van der Waals surface area contributed by atoms with Crippen molar-refractivity contribution >= 4 is 29.4 Å². The summed E-state index contributed by atoms with van der Waals surface area (Å²) in [6.45, 7) is 0. The van der Waals surface area contributed by atoms with E-state index in [1.165, 1.54) is 0 Å². The van der Waals surface area contributed by atoms with Crippen LogP contribution in [0.2, 0.25) is 0 Å². The van der Waals surface area contributed by atoms with E-state index >= 15 is 0 Å². The van der Waals surface area contributed by atoms with Crippen LogP contribution in [-0.4, -0.2) is 17.1 Å². The molecule has 0 aromatic carbocycles. The number of alkyl halides is 2. The van der Waals surface area contributed by atoms with Crippen molar-refractivity contribution in [3.05, 3.63) is 12.2 Å². The lowest BCUT2D eigenvalue weighted by molar-refractivity contribution is 0.913. The van der Waals surface area contributed by atoms with Crippen LogP contribution in [0.3, 0.4) is 0 Å². The van der Waals surface area contributed by atoms with Gasteiger partial charge in [-0.1, -0.05) is 6.08 Å². The van der Waals surface area contributed by atoms with Gasteiger partial charge < -0.3 is 0 Å². The molecule has 1 heterocycles. The number of allylic oxidation sites excluding steroid dienone is 1. The van der Waals surface area contributed by atoms with E-state index in [1.54, 1.807) is 6.21 Å². The summed E-state index contributed by atoms with van der Waals surface area (Å²) in [6, 6.07) is -0.0154. The van der Waals surface area contributed by atoms with E-state index in [9.17, 15) is 0 Å². The molecule has 1 aliphatic rings. The van der Waals surface area contributed by atoms with Crippen LogP contribution in [0.1, 0.15) is 0 Å². The number of nitrogens with zero attached hydrogens (tertiary/aromatic N) is 1. The summed E-state index contributed by atoms with van der Waals surface area (Å²) in [6.07, 6.45) is 5.40. The fourth-order valence-corrected chi connectivity index (χ4v) is 0.809. The smallest absolute Gasteiger partial charge is 0.133 e. The molecule has 0 aliphatic carbocycles. The van der Waals surface area contributed by atoms with Gasteiger partial charge in [-0.05, 0) is 6.08 Å². The van der Waals surface area contributed by atoms with E-state index in [2.05, 4.69) is 4.99 Å². The Morgan fingerprint density at radius 2 is 2.25 bits per heavy atom. The first-order valence-electron chi connectivity index (χ1n) is 2.29. The van der Waals surface area contributed by atoms with Crippen LogP contribution >= 0.6 is 23.2 Å². The molecule has 0 bridgehead atoms. The molecule has 1 rings (SSSR count). The van der Waals surface area contributed by atoms with Gasteiger partial charge >= 0.3 is 0 Å². The number of hydrogen-bond donors (Lipinski definition) is 0. The molecule has 8 heavy (non-hydrogen) atoms. The quantitative estimate of drug-likeness (QED) is 0.505. The molecule has 0 saturated heterocycles. The summed E-state index contributed by atoms with van der Waals surface area (Å²) in [5.41, 5.74) is 0. The van der Waals surface area contributed by atoms with Crippen LogP contribution in [0.15, 0.2) is 17.1 Å².